The van der Waals surface area contributed by atoms with Crippen LogP contribution in [0.15, 0.2) is 59.5 Å². The van der Waals surface area contributed by atoms with Gasteiger partial charge in [-0.2, -0.15) is 9.78 Å². The van der Waals surface area contributed by atoms with Gasteiger partial charge in [0.05, 0.1) is 24.2 Å². The first-order chi connectivity index (χ1) is 15.0. The Morgan fingerprint density at radius 1 is 1.13 bits per heavy atom. The fourth-order valence-electron chi connectivity index (χ4n) is 4.29. The molecule has 5 rings (SSSR count). The second-order valence-corrected chi connectivity index (χ2v) is 8.57. The summed E-state index contributed by atoms with van der Waals surface area (Å²) in [6.07, 6.45) is 4.71. The molecule has 1 N–H and O–H groups in total. The summed E-state index contributed by atoms with van der Waals surface area (Å²) >= 11 is 6.36. The summed E-state index contributed by atoms with van der Waals surface area (Å²) < 4.78 is 25.5. The fraction of sp³-hybridized carbons (Fsp3) is 0.304. The molecule has 6 nitrogen and oxygen atoms in total. The van der Waals surface area contributed by atoms with E-state index in [9.17, 15) is 9.18 Å². The normalized spacial score (nSPS) is 22.3. The molecule has 31 heavy (non-hydrogen) atoms. The van der Waals surface area contributed by atoms with Gasteiger partial charge < -0.3 is 14.8 Å². The molecule has 2 fully saturated rings. The Bertz CT molecular complexity index is 1130. The number of rotatable bonds is 5. The van der Waals surface area contributed by atoms with Crippen LogP contribution in [0.25, 0.3) is 5.69 Å². The van der Waals surface area contributed by atoms with E-state index in [4.69, 9.17) is 21.1 Å². The van der Waals surface area contributed by atoms with Gasteiger partial charge in [-0.15, -0.1) is 0 Å². The zero-order valence-electron chi connectivity index (χ0n) is 16.7. The van der Waals surface area contributed by atoms with Crippen LogP contribution < -0.4 is 15.6 Å². The van der Waals surface area contributed by atoms with Gasteiger partial charge in [0.2, 0.25) is 0 Å². The highest BCUT2D eigenvalue weighted by Gasteiger charge is 2.46. The maximum Gasteiger partial charge on any atom is 0.292 e. The Morgan fingerprint density at radius 2 is 1.81 bits per heavy atom. The minimum absolute atomic E-state index is 0.116. The number of nitrogens with one attached hydrogen (secondary N) is 1. The second kappa shape index (κ2) is 7.98. The summed E-state index contributed by atoms with van der Waals surface area (Å²) in [7, 11) is 0. The average molecular weight is 442 g/mol. The summed E-state index contributed by atoms with van der Waals surface area (Å²) in [5.74, 6) is 0.750. The molecule has 0 amide bonds. The van der Waals surface area contributed by atoms with Gasteiger partial charge in [-0.25, -0.2) is 4.39 Å². The minimum atomic E-state index is -0.392. The molecule has 0 bridgehead atoms. The van der Waals surface area contributed by atoms with Crippen LogP contribution in [0.4, 0.5) is 10.1 Å². The van der Waals surface area contributed by atoms with Crippen molar-refractivity contribution in [2.75, 3.05) is 18.5 Å². The Labute approximate surface area is 183 Å². The van der Waals surface area contributed by atoms with Crippen LogP contribution in [0.5, 0.6) is 11.5 Å². The third kappa shape index (κ3) is 4.03. The average Bonchev–Trinajstić information content (AvgIpc) is 3.24. The van der Waals surface area contributed by atoms with Crippen molar-refractivity contribution in [3.05, 3.63) is 75.9 Å². The second-order valence-electron chi connectivity index (χ2n) is 8.19. The molecule has 1 aliphatic carbocycles. The lowest BCUT2D eigenvalue weighted by Crippen LogP contribution is -2.45. The summed E-state index contributed by atoms with van der Waals surface area (Å²) in [6, 6.07) is 12.9. The topological polar surface area (TPSA) is 65.4 Å². The highest BCUT2D eigenvalue weighted by molar-refractivity contribution is 6.33. The van der Waals surface area contributed by atoms with Gasteiger partial charge in [0.1, 0.15) is 22.3 Å². The van der Waals surface area contributed by atoms with Crippen LogP contribution in [0.1, 0.15) is 19.3 Å². The smallest absolute Gasteiger partial charge is 0.292 e. The van der Waals surface area contributed by atoms with E-state index in [1.807, 2.05) is 0 Å². The molecule has 3 aromatic rings. The summed E-state index contributed by atoms with van der Waals surface area (Å²) in [5.41, 5.74) is 1.02. The first-order valence-corrected chi connectivity index (χ1v) is 10.6. The number of anilines is 1. The standard InChI is InChI=1S/C23H21ClFN3O3/c24-21-20(27-16-11-23(12-16)9-10-30-14-23)13-26-28(22(21)29)17-3-7-19(8-4-17)31-18-5-1-15(25)2-6-18/h1-8,13,16,27H,9-12,14H2. The number of hydrogen-bond donors (Lipinski definition) is 1. The number of hydrogen-bond acceptors (Lipinski definition) is 5. The first kappa shape index (κ1) is 20.0. The third-order valence-corrected chi connectivity index (χ3v) is 6.32. The lowest BCUT2D eigenvalue weighted by Gasteiger charge is -2.44. The third-order valence-electron chi connectivity index (χ3n) is 5.95. The SMILES string of the molecule is O=c1c(Cl)c(NC2CC3(CCOC3)C2)cnn1-c1ccc(Oc2ccc(F)cc2)cc1. The monoisotopic (exact) mass is 441 g/mol. The summed E-state index contributed by atoms with van der Waals surface area (Å²) in [4.78, 5) is 12.8. The van der Waals surface area contributed by atoms with Gasteiger partial charge in [0.25, 0.3) is 5.56 Å². The molecule has 2 aromatic carbocycles. The van der Waals surface area contributed by atoms with Gasteiger partial charge in [-0.1, -0.05) is 11.6 Å². The van der Waals surface area contributed by atoms with Crippen LogP contribution in [0.3, 0.4) is 0 Å². The van der Waals surface area contributed by atoms with E-state index in [-0.39, 0.29) is 16.9 Å². The first-order valence-electron chi connectivity index (χ1n) is 10.2. The van der Waals surface area contributed by atoms with Crippen molar-refractivity contribution in [2.24, 2.45) is 5.41 Å². The predicted octanol–water partition coefficient (Wildman–Crippen LogP) is 4.80. The molecule has 1 aliphatic heterocycles. The maximum atomic E-state index is 13.0. The zero-order valence-corrected chi connectivity index (χ0v) is 17.4. The highest BCUT2D eigenvalue weighted by atomic mass is 35.5. The van der Waals surface area contributed by atoms with Crippen LogP contribution in [-0.4, -0.2) is 29.0 Å². The molecular formula is C23H21ClFN3O3. The van der Waals surface area contributed by atoms with E-state index in [2.05, 4.69) is 10.4 Å². The lowest BCUT2D eigenvalue weighted by atomic mass is 9.65. The molecule has 0 radical (unpaired) electrons. The van der Waals surface area contributed by atoms with E-state index < -0.39 is 5.56 Å². The molecule has 8 heteroatoms. The van der Waals surface area contributed by atoms with Gasteiger partial charge >= 0.3 is 0 Å². The number of nitrogens with zero attached hydrogens (tertiary/aromatic N) is 2. The minimum Gasteiger partial charge on any atom is -0.457 e. The van der Waals surface area contributed by atoms with Crippen molar-refractivity contribution in [1.82, 2.24) is 9.78 Å². The van der Waals surface area contributed by atoms with E-state index in [0.717, 1.165) is 32.5 Å². The van der Waals surface area contributed by atoms with Crippen molar-refractivity contribution in [2.45, 2.75) is 25.3 Å². The summed E-state index contributed by atoms with van der Waals surface area (Å²) in [6.45, 7) is 1.65. The van der Waals surface area contributed by atoms with Crippen LogP contribution >= 0.6 is 11.6 Å². The van der Waals surface area contributed by atoms with Gasteiger partial charge in [0, 0.05) is 12.6 Å². The Hall–Kier alpha value is -2.90. The number of ether oxygens (including phenoxy) is 2. The fourth-order valence-corrected chi connectivity index (χ4v) is 4.47. The largest absolute Gasteiger partial charge is 0.457 e. The molecule has 1 spiro atoms. The quantitative estimate of drug-likeness (QED) is 0.616. The molecule has 2 heterocycles. The van der Waals surface area contributed by atoms with Crippen LogP contribution in [0.2, 0.25) is 5.02 Å². The van der Waals surface area contributed by atoms with Crippen molar-refractivity contribution in [3.8, 4) is 17.2 Å². The van der Waals surface area contributed by atoms with E-state index in [1.165, 1.54) is 16.8 Å². The Balaban J connectivity index is 1.28. The molecule has 0 unspecified atom stereocenters. The van der Waals surface area contributed by atoms with Gasteiger partial charge in [-0.05, 0) is 73.2 Å². The number of halogens is 2. The van der Waals surface area contributed by atoms with Crippen molar-refractivity contribution in [3.63, 3.8) is 0 Å². The highest BCUT2D eigenvalue weighted by Crippen LogP contribution is 2.48. The molecular weight excluding hydrogens is 421 g/mol. The van der Waals surface area contributed by atoms with E-state index in [0.29, 0.717) is 28.3 Å². The maximum absolute atomic E-state index is 13.0. The van der Waals surface area contributed by atoms with Crippen molar-refractivity contribution < 1.29 is 13.9 Å². The van der Waals surface area contributed by atoms with Crippen molar-refractivity contribution >= 4 is 17.3 Å². The van der Waals surface area contributed by atoms with Crippen LogP contribution in [-0.2, 0) is 4.74 Å². The van der Waals surface area contributed by atoms with E-state index in [1.54, 1.807) is 42.6 Å². The Morgan fingerprint density at radius 3 is 2.45 bits per heavy atom. The zero-order chi connectivity index (χ0) is 21.4. The van der Waals surface area contributed by atoms with Gasteiger partial charge in [0.15, 0.2) is 0 Å². The Kier molecular flexibility index (Phi) is 5.16. The molecule has 1 saturated carbocycles. The lowest BCUT2D eigenvalue weighted by molar-refractivity contribution is 0.0810. The van der Waals surface area contributed by atoms with Crippen LogP contribution in [0, 0.1) is 11.2 Å². The number of aromatic nitrogens is 2. The molecule has 160 valence electrons. The molecule has 0 atom stereocenters. The molecule has 2 aliphatic rings. The van der Waals surface area contributed by atoms with E-state index >= 15 is 0 Å². The van der Waals surface area contributed by atoms with Crippen molar-refractivity contribution in [1.29, 1.82) is 0 Å². The predicted molar refractivity (Wildman–Crippen MR) is 116 cm³/mol. The molecule has 1 aromatic heterocycles. The number of benzene rings is 2. The summed E-state index contributed by atoms with van der Waals surface area (Å²) in [5, 5.41) is 7.75. The molecule has 1 saturated heterocycles. The van der Waals surface area contributed by atoms with Gasteiger partial charge in [-0.3, -0.25) is 4.79 Å².